The first-order chi connectivity index (χ1) is 17.1. The van der Waals surface area contributed by atoms with Crippen LogP contribution >= 0.6 is 0 Å². The van der Waals surface area contributed by atoms with Crippen molar-refractivity contribution < 1.29 is 13.9 Å². The molecule has 6 rings (SSSR count). The van der Waals surface area contributed by atoms with E-state index in [0.29, 0.717) is 34.2 Å². The van der Waals surface area contributed by atoms with E-state index in [0.717, 1.165) is 47.7 Å². The molecule has 7 nitrogen and oxygen atoms in total. The van der Waals surface area contributed by atoms with Crippen molar-refractivity contribution in [3.05, 3.63) is 98.4 Å². The van der Waals surface area contributed by atoms with Gasteiger partial charge in [-0.25, -0.2) is 14.6 Å². The molecule has 0 atom stereocenters. The molecule has 0 spiro atoms. The van der Waals surface area contributed by atoms with Gasteiger partial charge in [-0.15, -0.1) is 0 Å². The maximum atomic E-state index is 12.9. The minimum Gasteiger partial charge on any atom is -0.457 e. The second kappa shape index (κ2) is 8.51. The molecule has 0 aliphatic carbocycles. The third-order valence-corrected chi connectivity index (χ3v) is 6.63. The molecule has 0 bridgehead atoms. The van der Waals surface area contributed by atoms with Crippen LogP contribution in [0.5, 0.6) is 0 Å². The Kier molecular flexibility index (Phi) is 5.17. The standard InChI is InChI=1S/C28H22N2O5/c31-25-15-19(26-20-7-4-3-6-17(20)10-12-23(26)35-25)16-34-28(33)18-9-11-21-22(14-18)29-24-8-2-1-5-13-30(24)27(21)32/h3-4,6-7,9-12,14-15H,1-2,5,8,13,16H2. The number of carbonyl (C=O) groups is 1. The van der Waals surface area contributed by atoms with Crippen molar-refractivity contribution in [3.8, 4) is 0 Å². The zero-order chi connectivity index (χ0) is 23.9. The average molecular weight is 466 g/mol. The molecule has 7 heteroatoms. The number of esters is 1. The highest BCUT2D eigenvalue weighted by Gasteiger charge is 2.17. The number of ether oxygens (including phenoxy) is 1. The van der Waals surface area contributed by atoms with E-state index < -0.39 is 11.6 Å². The van der Waals surface area contributed by atoms with Gasteiger partial charge in [-0.05, 0) is 47.9 Å². The number of rotatable bonds is 3. The van der Waals surface area contributed by atoms with Crippen LogP contribution in [0.3, 0.4) is 0 Å². The minimum absolute atomic E-state index is 0.0684. The van der Waals surface area contributed by atoms with Gasteiger partial charge >= 0.3 is 11.6 Å². The van der Waals surface area contributed by atoms with Gasteiger partial charge in [0.15, 0.2) is 0 Å². The first kappa shape index (κ1) is 21.3. The quantitative estimate of drug-likeness (QED) is 0.217. The van der Waals surface area contributed by atoms with E-state index in [-0.39, 0.29) is 12.2 Å². The number of aryl methyl sites for hydroxylation is 1. The molecule has 5 aromatic rings. The Hall–Kier alpha value is -4.26. The number of carbonyl (C=O) groups excluding carboxylic acids is 1. The van der Waals surface area contributed by atoms with Gasteiger partial charge in [0.05, 0.1) is 16.5 Å². The summed E-state index contributed by atoms with van der Waals surface area (Å²) in [5, 5.41) is 3.14. The monoisotopic (exact) mass is 466 g/mol. The highest BCUT2D eigenvalue weighted by molar-refractivity contribution is 6.07. The second-order valence-electron chi connectivity index (χ2n) is 8.85. The van der Waals surface area contributed by atoms with E-state index in [1.807, 2.05) is 30.3 Å². The molecule has 0 unspecified atom stereocenters. The van der Waals surface area contributed by atoms with Gasteiger partial charge in [-0.2, -0.15) is 0 Å². The zero-order valence-corrected chi connectivity index (χ0v) is 19.0. The molecule has 0 saturated carbocycles. The summed E-state index contributed by atoms with van der Waals surface area (Å²) >= 11 is 0. The van der Waals surface area contributed by atoms with Crippen LogP contribution in [-0.4, -0.2) is 15.5 Å². The Morgan fingerprint density at radius 1 is 0.971 bits per heavy atom. The summed E-state index contributed by atoms with van der Waals surface area (Å²) in [4.78, 5) is 42.7. The number of nitrogens with zero attached hydrogens (tertiary/aromatic N) is 2. The molecular formula is C28H22N2O5. The van der Waals surface area contributed by atoms with Crippen LogP contribution in [0.15, 0.2) is 74.7 Å². The lowest BCUT2D eigenvalue weighted by Crippen LogP contribution is -2.24. The minimum atomic E-state index is -0.551. The van der Waals surface area contributed by atoms with E-state index in [1.54, 1.807) is 28.8 Å². The van der Waals surface area contributed by atoms with E-state index in [4.69, 9.17) is 9.15 Å². The lowest BCUT2D eigenvalue weighted by atomic mass is 10.0. The fourth-order valence-corrected chi connectivity index (χ4v) is 4.91. The molecule has 35 heavy (non-hydrogen) atoms. The number of hydrogen-bond acceptors (Lipinski definition) is 6. The predicted octanol–water partition coefficient (Wildman–Crippen LogP) is 4.74. The van der Waals surface area contributed by atoms with E-state index >= 15 is 0 Å². The molecule has 0 fully saturated rings. The predicted molar refractivity (Wildman–Crippen MR) is 133 cm³/mol. The lowest BCUT2D eigenvalue weighted by molar-refractivity contribution is 0.0474. The smallest absolute Gasteiger partial charge is 0.338 e. The maximum Gasteiger partial charge on any atom is 0.338 e. The summed E-state index contributed by atoms with van der Waals surface area (Å²) in [7, 11) is 0. The van der Waals surface area contributed by atoms with Crippen LogP contribution in [0.1, 0.15) is 41.0 Å². The summed E-state index contributed by atoms with van der Waals surface area (Å²) in [5.41, 5.74) is 1.24. The molecule has 0 N–H and O–H groups in total. The Balaban J connectivity index is 1.34. The fourth-order valence-electron chi connectivity index (χ4n) is 4.91. The summed E-state index contributed by atoms with van der Waals surface area (Å²) < 4.78 is 12.7. The Morgan fingerprint density at radius 3 is 2.77 bits per heavy atom. The fraction of sp³-hybridized carbons (Fsp3) is 0.214. The van der Waals surface area contributed by atoms with Crippen LogP contribution in [0.25, 0.3) is 32.6 Å². The Morgan fingerprint density at radius 2 is 1.86 bits per heavy atom. The van der Waals surface area contributed by atoms with Crippen molar-refractivity contribution in [2.24, 2.45) is 0 Å². The number of aromatic nitrogens is 2. The molecule has 3 heterocycles. The highest BCUT2D eigenvalue weighted by Crippen LogP contribution is 2.28. The van der Waals surface area contributed by atoms with Crippen LogP contribution in [-0.2, 0) is 24.3 Å². The summed E-state index contributed by atoms with van der Waals surface area (Å²) in [6.45, 7) is 0.585. The van der Waals surface area contributed by atoms with Gasteiger partial charge in [0.25, 0.3) is 5.56 Å². The first-order valence-corrected chi connectivity index (χ1v) is 11.7. The zero-order valence-electron chi connectivity index (χ0n) is 19.0. The van der Waals surface area contributed by atoms with Gasteiger partial charge < -0.3 is 9.15 Å². The van der Waals surface area contributed by atoms with Crippen LogP contribution in [0.4, 0.5) is 0 Å². The third-order valence-electron chi connectivity index (χ3n) is 6.63. The largest absolute Gasteiger partial charge is 0.457 e. The molecule has 3 aromatic carbocycles. The Labute approximate surface area is 199 Å². The Bertz CT molecular complexity index is 1750. The maximum absolute atomic E-state index is 12.9. The summed E-state index contributed by atoms with van der Waals surface area (Å²) in [5.74, 6) is 0.213. The second-order valence-corrected chi connectivity index (χ2v) is 8.85. The third kappa shape index (κ3) is 3.79. The number of hydrogen-bond donors (Lipinski definition) is 0. The molecule has 174 valence electrons. The number of fused-ring (bicyclic) bond motifs is 5. The van der Waals surface area contributed by atoms with Crippen molar-refractivity contribution in [1.29, 1.82) is 0 Å². The van der Waals surface area contributed by atoms with Crippen LogP contribution in [0, 0.1) is 0 Å². The molecule has 1 aliphatic heterocycles. The first-order valence-electron chi connectivity index (χ1n) is 11.7. The van der Waals surface area contributed by atoms with Gasteiger partial charge in [0, 0.05) is 30.0 Å². The molecule has 0 amide bonds. The van der Waals surface area contributed by atoms with E-state index in [9.17, 15) is 14.4 Å². The highest BCUT2D eigenvalue weighted by atomic mass is 16.5. The van der Waals surface area contributed by atoms with Crippen molar-refractivity contribution in [3.63, 3.8) is 0 Å². The van der Waals surface area contributed by atoms with Crippen LogP contribution < -0.4 is 11.2 Å². The molecule has 2 aromatic heterocycles. The molecular weight excluding hydrogens is 444 g/mol. The lowest BCUT2D eigenvalue weighted by Gasteiger charge is -2.11. The summed E-state index contributed by atoms with van der Waals surface area (Å²) in [6.07, 6.45) is 3.77. The topological polar surface area (TPSA) is 91.4 Å². The van der Waals surface area contributed by atoms with E-state index in [2.05, 4.69) is 4.98 Å². The van der Waals surface area contributed by atoms with E-state index in [1.165, 1.54) is 6.07 Å². The molecule has 1 aliphatic rings. The average Bonchev–Trinajstić information content (AvgIpc) is 3.12. The van der Waals surface area contributed by atoms with Crippen LogP contribution in [0.2, 0.25) is 0 Å². The normalized spacial score (nSPS) is 13.6. The van der Waals surface area contributed by atoms with Crippen molar-refractivity contribution >= 4 is 38.6 Å². The van der Waals surface area contributed by atoms with Gasteiger partial charge in [-0.3, -0.25) is 9.36 Å². The van der Waals surface area contributed by atoms with Gasteiger partial charge in [0.1, 0.15) is 18.0 Å². The van der Waals surface area contributed by atoms with Crippen molar-refractivity contribution in [2.45, 2.75) is 38.8 Å². The van der Waals surface area contributed by atoms with Crippen molar-refractivity contribution in [1.82, 2.24) is 9.55 Å². The van der Waals surface area contributed by atoms with Gasteiger partial charge in [-0.1, -0.05) is 36.8 Å². The number of benzene rings is 3. The molecule has 0 saturated heterocycles. The molecule has 0 radical (unpaired) electrons. The summed E-state index contributed by atoms with van der Waals surface area (Å²) in [6, 6.07) is 17.6. The van der Waals surface area contributed by atoms with Gasteiger partial charge in [0.2, 0.25) is 0 Å². The van der Waals surface area contributed by atoms with Crippen molar-refractivity contribution in [2.75, 3.05) is 0 Å². The SMILES string of the molecule is O=C(OCc1cc(=O)oc2ccc3ccccc3c12)c1ccc2c(=O)n3c(nc2c1)CCCCC3.